The summed E-state index contributed by atoms with van der Waals surface area (Å²) in [4.78, 5) is 10.6. The quantitative estimate of drug-likeness (QED) is 0.731. The van der Waals surface area contributed by atoms with E-state index in [0.29, 0.717) is 11.1 Å². The zero-order valence-corrected chi connectivity index (χ0v) is 9.23. The highest BCUT2D eigenvalue weighted by atomic mass is 32.1. The summed E-state index contributed by atoms with van der Waals surface area (Å²) < 4.78 is 24.7. The lowest BCUT2D eigenvalue weighted by molar-refractivity contribution is -0.136. The highest BCUT2D eigenvalue weighted by Gasteiger charge is 2.35. The largest absolute Gasteiger partial charge is 0.481 e. The SMILES string of the molecule is CC1=C(CC(=O)O)C=CC(=S=O)C1(C)F. The maximum absolute atomic E-state index is 14.1. The van der Waals surface area contributed by atoms with Gasteiger partial charge in [-0.1, -0.05) is 6.08 Å². The molecule has 0 radical (unpaired) electrons. The monoisotopic (exact) mass is 230 g/mol. The molecule has 1 atom stereocenters. The number of carboxylic acid groups (broad SMARTS) is 1. The Morgan fingerprint density at radius 3 is 2.67 bits per heavy atom. The zero-order valence-electron chi connectivity index (χ0n) is 8.41. The molecule has 0 saturated carbocycles. The third-order valence-electron chi connectivity index (χ3n) is 2.52. The molecule has 0 heterocycles. The van der Waals surface area contributed by atoms with Crippen LogP contribution in [0, 0.1) is 0 Å². The molecule has 0 aromatic rings. The smallest absolute Gasteiger partial charge is 0.307 e. The van der Waals surface area contributed by atoms with Gasteiger partial charge in [-0.25, -0.2) is 8.60 Å². The molecular formula is C10H11FO3S. The number of halogens is 1. The molecule has 15 heavy (non-hydrogen) atoms. The second-order valence-corrected chi connectivity index (χ2v) is 4.11. The van der Waals surface area contributed by atoms with E-state index in [-0.39, 0.29) is 22.5 Å². The predicted octanol–water partition coefficient (Wildman–Crippen LogP) is 1.46. The van der Waals surface area contributed by atoms with Crippen molar-refractivity contribution in [3.63, 3.8) is 0 Å². The molecule has 1 N–H and O–H groups in total. The molecule has 0 aromatic carbocycles. The lowest BCUT2D eigenvalue weighted by atomic mass is 9.85. The van der Waals surface area contributed by atoms with Crippen LogP contribution in [0.4, 0.5) is 4.39 Å². The molecular weight excluding hydrogens is 219 g/mol. The first kappa shape index (κ1) is 11.8. The van der Waals surface area contributed by atoms with Crippen LogP contribution >= 0.6 is 0 Å². The van der Waals surface area contributed by atoms with Crippen LogP contribution in [0.15, 0.2) is 23.3 Å². The van der Waals surface area contributed by atoms with Crippen molar-refractivity contribution in [2.45, 2.75) is 25.9 Å². The molecule has 1 aliphatic carbocycles. The van der Waals surface area contributed by atoms with Gasteiger partial charge in [0.15, 0.2) is 5.67 Å². The van der Waals surface area contributed by atoms with Gasteiger partial charge in [-0.2, -0.15) is 0 Å². The fraction of sp³-hybridized carbons (Fsp3) is 0.400. The van der Waals surface area contributed by atoms with Crippen LogP contribution in [0.25, 0.3) is 0 Å². The van der Waals surface area contributed by atoms with Crippen molar-refractivity contribution in [3.8, 4) is 0 Å². The molecule has 0 amide bonds. The molecule has 0 bridgehead atoms. The van der Waals surface area contributed by atoms with Crippen LogP contribution in [0.1, 0.15) is 20.3 Å². The number of hydrogen-bond donors (Lipinski definition) is 1. The second-order valence-electron chi connectivity index (χ2n) is 3.50. The molecule has 0 spiro atoms. The number of alkyl halides is 1. The number of carboxylic acids is 1. The predicted molar refractivity (Wildman–Crippen MR) is 56.8 cm³/mol. The Morgan fingerprint density at radius 2 is 2.20 bits per heavy atom. The zero-order chi connectivity index (χ0) is 11.6. The number of rotatable bonds is 2. The van der Waals surface area contributed by atoms with E-state index in [1.807, 2.05) is 0 Å². The molecule has 0 aliphatic heterocycles. The van der Waals surface area contributed by atoms with E-state index in [1.54, 1.807) is 0 Å². The molecule has 5 heteroatoms. The van der Waals surface area contributed by atoms with E-state index < -0.39 is 11.6 Å². The Hall–Kier alpha value is -1.23. The van der Waals surface area contributed by atoms with E-state index >= 15 is 0 Å². The minimum atomic E-state index is -1.84. The summed E-state index contributed by atoms with van der Waals surface area (Å²) in [5.74, 6) is -1.01. The van der Waals surface area contributed by atoms with Crippen molar-refractivity contribution >= 4 is 22.1 Å². The Kier molecular flexibility index (Phi) is 3.24. The van der Waals surface area contributed by atoms with Gasteiger partial charge in [-0.05, 0) is 31.1 Å². The van der Waals surface area contributed by atoms with E-state index in [0.717, 1.165) is 0 Å². The van der Waals surface area contributed by atoms with Crippen LogP contribution in [-0.2, 0) is 16.1 Å². The molecule has 0 aromatic heterocycles. The third-order valence-corrected chi connectivity index (χ3v) is 3.21. The summed E-state index contributed by atoms with van der Waals surface area (Å²) in [6.07, 6.45) is 2.62. The summed E-state index contributed by atoms with van der Waals surface area (Å²) in [6, 6.07) is 0. The lowest BCUT2D eigenvalue weighted by Gasteiger charge is -2.25. The van der Waals surface area contributed by atoms with E-state index in [9.17, 15) is 13.4 Å². The van der Waals surface area contributed by atoms with Gasteiger partial charge in [-0.15, -0.1) is 0 Å². The average Bonchev–Trinajstić information content (AvgIpc) is 2.13. The summed E-state index contributed by atoms with van der Waals surface area (Å²) in [6.45, 7) is 2.78. The van der Waals surface area contributed by atoms with Crippen molar-refractivity contribution in [3.05, 3.63) is 23.3 Å². The second kappa shape index (κ2) is 4.10. The van der Waals surface area contributed by atoms with Crippen molar-refractivity contribution < 1.29 is 18.5 Å². The number of aliphatic carboxylic acids is 1. The molecule has 0 saturated heterocycles. The van der Waals surface area contributed by atoms with Crippen molar-refractivity contribution in [1.29, 1.82) is 0 Å². The number of hydrogen-bond acceptors (Lipinski definition) is 2. The van der Waals surface area contributed by atoms with Crippen LogP contribution in [0.3, 0.4) is 0 Å². The first-order valence-electron chi connectivity index (χ1n) is 4.36. The topological polar surface area (TPSA) is 54.4 Å². The van der Waals surface area contributed by atoms with Crippen LogP contribution in [0.2, 0.25) is 0 Å². The van der Waals surface area contributed by atoms with Crippen molar-refractivity contribution in [2.75, 3.05) is 0 Å². The molecule has 1 aliphatic rings. The van der Waals surface area contributed by atoms with Gasteiger partial charge in [-0.3, -0.25) is 4.79 Å². The lowest BCUT2D eigenvalue weighted by Crippen LogP contribution is -2.33. The molecule has 0 fully saturated rings. The van der Waals surface area contributed by atoms with Gasteiger partial charge >= 0.3 is 5.97 Å². The Morgan fingerprint density at radius 1 is 1.60 bits per heavy atom. The van der Waals surface area contributed by atoms with Gasteiger partial charge in [0.25, 0.3) is 0 Å². The first-order valence-corrected chi connectivity index (χ1v) is 5.10. The fourth-order valence-electron chi connectivity index (χ4n) is 1.40. The molecule has 1 rings (SSSR count). The summed E-state index contributed by atoms with van der Waals surface area (Å²) in [5, 5.41) is 8.61. The highest BCUT2D eigenvalue weighted by Crippen LogP contribution is 2.31. The van der Waals surface area contributed by atoms with Gasteiger partial charge in [0.1, 0.15) is 0 Å². The van der Waals surface area contributed by atoms with Gasteiger partial charge in [0, 0.05) is 0 Å². The summed E-state index contributed by atoms with van der Waals surface area (Å²) in [7, 11) is 0. The summed E-state index contributed by atoms with van der Waals surface area (Å²) in [5.41, 5.74) is -1.12. The van der Waals surface area contributed by atoms with E-state index in [4.69, 9.17) is 5.11 Å². The maximum Gasteiger partial charge on any atom is 0.307 e. The van der Waals surface area contributed by atoms with E-state index in [2.05, 4.69) is 0 Å². The first-order chi connectivity index (χ1) is 6.89. The summed E-state index contributed by atoms with van der Waals surface area (Å²) >= 11 is 0.101. The van der Waals surface area contributed by atoms with Crippen LogP contribution in [0.5, 0.6) is 0 Å². The standard InChI is InChI=1S/C10H11FO3S/c1-6-7(5-9(12)13)3-4-8(15-14)10(6,2)11/h3-4H,5H2,1-2H3,(H,12,13). The van der Waals surface area contributed by atoms with Gasteiger partial charge < -0.3 is 5.11 Å². The highest BCUT2D eigenvalue weighted by molar-refractivity contribution is 7.67. The normalized spacial score (nSPS) is 25.7. The van der Waals surface area contributed by atoms with Crippen molar-refractivity contribution in [1.82, 2.24) is 0 Å². The Labute approximate surface area is 90.4 Å². The molecule has 82 valence electrons. The minimum absolute atomic E-state index is 0.0640. The van der Waals surface area contributed by atoms with Gasteiger partial charge in [0.05, 0.1) is 22.5 Å². The third kappa shape index (κ3) is 2.23. The minimum Gasteiger partial charge on any atom is -0.481 e. The van der Waals surface area contributed by atoms with E-state index in [1.165, 1.54) is 26.0 Å². The Balaban J connectivity index is 3.18. The van der Waals surface area contributed by atoms with Gasteiger partial charge in [0.2, 0.25) is 0 Å². The average molecular weight is 230 g/mol. The maximum atomic E-state index is 14.1. The Bertz CT molecular complexity index is 414. The molecule has 3 nitrogen and oxygen atoms in total. The van der Waals surface area contributed by atoms with Crippen LogP contribution in [-0.4, -0.2) is 25.8 Å². The van der Waals surface area contributed by atoms with Crippen LogP contribution < -0.4 is 0 Å². The fourth-order valence-corrected chi connectivity index (χ4v) is 1.84. The van der Waals surface area contributed by atoms with Crippen molar-refractivity contribution in [2.24, 2.45) is 0 Å². The molecule has 1 unspecified atom stereocenters. The number of allylic oxidation sites excluding steroid dienone is 3. The number of carbonyl (C=O) groups is 1.